The first-order valence-corrected chi connectivity index (χ1v) is 11.1. The smallest absolute Gasteiger partial charge is 0.378 e. The average molecular weight is 492 g/mol. The lowest BCUT2D eigenvalue weighted by Crippen LogP contribution is -3.11. The van der Waals surface area contributed by atoms with Crippen LogP contribution in [0.5, 0.6) is 0 Å². The topological polar surface area (TPSA) is 142 Å². The number of carbonyl (C=O) groups excluding carboxylic acids is 1. The molecule has 0 saturated heterocycles. The average Bonchev–Trinajstić information content (AvgIpc) is 3.45. The van der Waals surface area contributed by atoms with Gasteiger partial charge >= 0.3 is 6.18 Å². The summed E-state index contributed by atoms with van der Waals surface area (Å²) in [4.78, 5) is 14.1. The van der Waals surface area contributed by atoms with Crippen LogP contribution in [-0.2, 0) is 12.7 Å². The first kappa shape index (κ1) is 24.3. The number of halogens is 3. The lowest BCUT2D eigenvalue weighted by atomic mass is 9.94. The van der Waals surface area contributed by atoms with E-state index in [4.69, 9.17) is 5.73 Å². The van der Waals surface area contributed by atoms with Crippen LogP contribution in [0, 0.1) is 0 Å². The highest BCUT2D eigenvalue weighted by Crippen LogP contribution is 2.28. The van der Waals surface area contributed by atoms with Gasteiger partial charge in [-0.15, -0.1) is 5.10 Å². The molecule has 1 saturated carbocycles. The van der Waals surface area contributed by atoms with Gasteiger partial charge in [-0.1, -0.05) is 23.8 Å². The number of nitrogens with one attached hydrogen (secondary N) is 2. The third-order valence-corrected chi connectivity index (χ3v) is 6.04. The largest absolute Gasteiger partial charge is 0.416 e. The zero-order chi connectivity index (χ0) is 25.0. The zero-order valence-electron chi connectivity index (χ0n) is 18.9. The van der Waals surface area contributed by atoms with E-state index in [1.54, 1.807) is 0 Å². The third kappa shape index (κ3) is 5.65. The van der Waals surface area contributed by atoms with Crippen molar-refractivity contribution >= 4 is 17.9 Å². The number of amides is 1. The first-order chi connectivity index (χ1) is 16.7. The van der Waals surface area contributed by atoms with E-state index in [2.05, 4.69) is 35.8 Å². The quantitative estimate of drug-likeness (QED) is 0.334. The van der Waals surface area contributed by atoms with Crippen molar-refractivity contribution < 1.29 is 27.5 Å². The van der Waals surface area contributed by atoms with Crippen molar-refractivity contribution in [3.63, 3.8) is 0 Å². The Balaban J connectivity index is 1.52. The summed E-state index contributed by atoms with van der Waals surface area (Å²) >= 11 is 0. The molecule has 4 N–H and O–H groups in total. The van der Waals surface area contributed by atoms with Gasteiger partial charge in [0, 0.05) is 0 Å². The van der Waals surface area contributed by atoms with Crippen molar-refractivity contribution in [1.29, 1.82) is 0 Å². The number of alkyl halides is 3. The Hall–Kier alpha value is -3.81. The second-order valence-electron chi connectivity index (χ2n) is 8.45. The highest BCUT2D eigenvalue weighted by molar-refractivity contribution is 5.94. The molecule has 1 aromatic carbocycles. The maximum Gasteiger partial charge on any atom is 0.416 e. The van der Waals surface area contributed by atoms with Crippen LogP contribution in [0.3, 0.4) is 0 Å². The maximum absolute atomic E-state index is 12.9. The number of hydrogen-bond donors (Lipinski definition) is 3. The molecule has 1 aliphatic rings. The molecule has 2 aromatic heterocycles. The Kier molecular flexibility index (Phi) is 7.10. The van der Waals surface area contributed by atoms with Gasteiger partial charge in [-0.25, -0.2) is 10.1 Å². The molecule has 2 heterocycles. The Bertz CT molecular complexity index is 1180. The van der Waals surface area contributed by atoms with Crippen LogP contribution in [0.15, 0.2) is 34.0 Å². The number of hydrogen-bond acceptors (Lipinski definition) is 8. The molecule has 14 heteroatoms. The van der Waals surface area contributed by atoms with Crippen molar-refractivity contribution in [2.24, 2.45) is 5.10 Å². The Morgan fingerprint density at radius 3 is 2.60 bits per heavy atom. The lowest BCUT2D eigenvalue weighted by Gasteiger charge is -2.28. The molecule has 1 amide bonds. The molecule has 35 heavy (non-hydrogen) atoms. The fraction of sp³-hybridized carbons (Fsp3) is 0.429. The van der Waals surface area contributed by atoms with Crippen molar-refractivity contribution in [3.05, 3.63) is 46.8 Å². The molecular weight excluding hydrogens is 467 g/mol. The molecule has 1 aliphatic carbocycles. The van der Waals surface area contributed by atoms with Crippen LogP contribution < -0.4 is 16.1 Å². The molecule has 4 rings (SSSR count). The van der Waals surface area contributed by atoms with Gasteiger partial charge in [0.2, 0.25) is 11.6 Å². The van der Waals surface area contributed by atoms with Crippen molar-refractivity contribution in [2.75, 3.05) is 12.8 Å². The van der Waals surface area contributed by atoms with E-state index in [1.165, 1.54) is 34.3 Å². The fourth-order valence-electron chi connectivity index (χ4n) is 4.12. The molecule has 186 valence electrons. The second kappa shape index (κ2) is 10.2. The number of hydrazone groups is 1. The summed E-state index contributed by atoms with van der Waals surface area (Å²) in [6, 6.07) is 4.81. The van der Waals surface area contributed by atoms with Crippen molar-refractivity contribution in [3.8, 4) is 5.82 Å². The number of quaternary nitrogens is 1. The summed E-state index contributed by atoms with van der Waals surface area (Å²) < 4.78 is 44.1. The molecule has 0 radical (unpaired) electrons. The predicted molar refractivity (Wildman–Crippen MR) is 118 cm³/mol. The minimum absolute atomic E-state index is 0.00116. The van der Waals surface area contributed by atoms with Gasteiger partial charge in [0.05, 0.1) is 24.9 Å². The van der Waals surface area contributed by atoms with Gasteiger partial charge < -0.3 is 10.6 Å². The van der Waals surface area contributed by atoms with Crippen LogP contribution in [0.4, 0.5) is 19.0 Å². The summed E-state index contributed by atoms with van der Waals surface area (Å²) in [6.07, 6.45) is 2.51. The van der Waals surface area contributed by atoms with E-state index in [0.717, 1.165) is 37.8 Å². The molecule has 1 fully saturated rings. The second-order valence-corrected chi connectivity index (χ2v) is 8.45. The maximum atomic E-state index is 12.9. The highest BCUT2D eigenvalue weighted by Gasteiger charge is 2.30. The zero-order valence-corrected chi connectivity index (χ0v) is 18.9. The van der Waals surface area contributed by atoms with Crippen molar-refractivity contribution in [2.45, 2.75) is 50.9 Å². The number of anilines is 1. The van der Waals surface area contributed by atoms with Crippen LogP contribution >= 0.6 is 0 Å². The van der Waals surface area contributed by atoms with E-state index in [0.29, 0.717) is 23.8 Å². The summed E-state index contributed by atoms with van der Waals surface area (Å²) in [6.45, 7) is 0.412. The number of nitrogen functional groups attached to an aromatic ring is 1. The van der Waals surface area contributed by atoms with Crippen LogP contribution in [0.25, 0.3) is 5.82 Å². The number of rotatable bonds is 7. The summed E-state index contributed by atoms with van der Waals surface area (Å²) in [7, 11) is 2.04. The van der Waals surface area contributed by atoms with Gasteiger partial charge in [0.15, 0.2) is 5.69 Å². The number of carbonyl (C=O) groups is 1. The SMILES string of the molecule is C[NH+](Cc1c(C(=O)N/N=C\c2ccc(C(F)(F)F)cc2)nnn1-c1nonc1N)C1CCCCC1. The molecule has 3 aromatic rings. The van der Waals surface area contributed by atoms with Gasteiger partial charge in [-0.05, 0) is 53.7 Å². The van der Waals surface area contributed by atoms with E-state index in [-0.39, 0.29) is 17.3 Å². The van der Waals surface area contributed by atoms with E-state index >= 15 is 0 Å². The fourth-order valence-corrected chi connectivity index (χ4v) is 4.12. The Morgan fingerprint density at radius 1 is 1.26 bits per heavy atom. The third-order valence-electron chi connectivity index (χ3n) is 6.04. The van der Waals surface area contributed by atoms with Gasteiger partial charge in [-0.3, -0.25) is 4.79 Å². The van der Waals surface area contributed by atoms with E-state index in [1.807, 2.05) is 7.05 Å². The van der Waals surface area contributed by atoms with Crippen LogP contribution in [0.2, 0.25) is 0 Å². The van der Waals surface area contributed by atoms with E-state index in [9.17, 15) is 18.0 Å². The Labute approximate surface area is 198 Å². The monoisotopic (exact) mass is 492 g/mol. The molecule has 11 nitrogen and oxygen atoms in total. The lowest BCUT2D eigenvalue weighted by molar-refractivity contribution is -0.921. The summed E-state index contributed by atoms with van der Waals surface area (Å²) in [5.41, 5.74) is 8.26. The number of nitrogens with zero attached hydrogens (tertiary/aromatic N) is 6. The molecular formula is C21H25F3N9O2+. The van der Waals surface area contributed by atoms with Crippen molar-refractivity contribution in [1.82, 2.24) is 30.7 Å². The standard InChI is InChI=1S/C21H24F3N9O2/c1-32(15-5-3-2-4-6-15)12-16-17(27-31-33(16)19-18(25)29-35-30-19)20(34)28-26-11-13-7-9-14(10-8-13)21(22,23)24/h7-11,15H,2-6,12H2,1H3,(H2,25,29)(H,28,34)/p+1/b26-11-. The minimum Gasteiger partial charge on any atom is -0.378 e. The first-order valence-electron chi connectivity index (χ1n) is 11.1. The number of benzene rings is 1. The van der Waals surface area contributed by atoms with Gasteiger partial charge in [0.25, 0.3) is 5.91 Å². The van der Waals surface area contributed by atoms with Gasteiger partial charge in [0.1, 0.15) is 12.2 Å². The number of nitrogens with two attached hydrogens (primary N) is 1. The minimum atomic E-state index is -4.43. The summed E-state index contributed by atoms with van der Waals surface area (Å²) in [5.74, 6) is -0.518. The molecule has 0 aliphatic heterocycles. The van der Waals surface area contributed by atoms with Gasteiger partial charge in [-0.2, -0.15) is 23.0 Å². The normalized spacial score (nSPS) is 16.0. The Morgan fingerprint density at radius 2 is 1.97 bits per heavy atom. The number of aromatic nitrogens is 5. The van der Waals surface area contributed by atoms with Crippen LogP contribution in [-0.4, -0.2) is 50.5 Å². The van der Waals surface area contributed by atoms with E-state index < -0.39 is 17.6 Å². The molecule has 0 spiro atoms. The highest BCUT2D eigenvalue weighted by atomic mass is 19.4. The predicted octanol–water partition coefficient (Wildman–Crippen LogP) is 1.36. The molecule has 1 unspecified atom stereocenters. The summed E-state index contributed by atoms with van der Waals surface area (Å²) in [5, 5.41) is 19.2. The van der Waals surface area contributed by atoms with Crippen LogP contribution in [0.1, 0.15) is 59.4 Å². The molecule has 0 bridgehead atoms. The molecule has 1 atom stereocenters.